The Balaban J connectivity index is 2.51. The van der Waals surface area contributed by atoms with E-state index < -0.39 is 6.61 Å². The highest BCUT2D eigenvalue weighted by Gasteiger charge is 2.07. The number of ether oxygens (including phenoxy) is 2. The van der Waals surface area contributed by atoms with E-state index in [0.29, 0.717) is 23.8 Å². The van der Waals surface area contributed by atoms with Crippen molar-refractivity contribution in [3.63, 3.8) is 0 Å². The standard InChI is InChI=1S/C12H15F2N3O2S/c1-18-7-6-15-12(20)17-16-8-9-4-2-3-5-10(9)19-11(13)14/h2-5,8,11H,6-7H2,1H3,(H2,15,17,20)/b16-8-. The van der Waals surface area contributed by atoms with Crippen LogP contribution >= 0.6 is 12.2 Å². The summed E-state index contributed by atoms with van der Waals surface area (Å²) in [4.78, 5) is 0. The van der Waals surface area contributed by atoms with Crippen LogP contribution < -0.4 is 15.5 Å². The third-order valence-electron chi connectivity index (χ3n) is 2.10. The van der Waals surface area contributed by atoms with Crippen molar-refractivity contribution in [2.24, 2.45) is 5.10 Å². The highest BCUT2D eigenvalue weighted by molar-refractivity contribution is 7.80. The Morgan fingerprint density at radius 2 is 2.20 bits per heavy atom. The van der Waals surface area contributed by atoms with E-state index in [1.165, 1.54) is 12.3 Å². The van der Waals surface area contributed by atoms with Crippen LogP contribution in [0.25, 0.3) is 0 Å². The van der Waals surface area contributed by atoms with Crippen LogP contribution in [0, 0.1) is 0 Å². The third-order valence-corrected chi connectivity index (χ3v) is 2.33. The number of nitrogens with zero attached hydrogens (tertiary/aromatic N) is 1. The van der Waals surface area contributed by atoms with Crippen LogP contribution in [0.4, 0.5) is 8.78 Å². The van der Waals surface area contributed by atoms with E-state index in [9.17, 15) is 8.78 Å². The van der Waals surface area contributed by atoms with Gasteiger partial charge in [0.05, 0.1) is 12.8 Å². The average Bonchev–Trinajstić information content (AvgIpc) is 2.40. The number of rotatable bonds is 7. The molecule has 110 valence electrons. The minimum absolute atomic E-state index is 0.0475. The van der Waals surface area contributed by atoms with Gasteiger partial charge in [-0.1, -0.05) is 12.1 Å². The van der Waals surface area contributed by atoms with Crippen LogP contribution in [0.2, 0.25) is 0 Å². The van der Waals surface area contributed by atoms with Crippen molar-refractivity contribution in [3.05, 3.63) is 29.8 Å². The largest absolute Gasteiger partial charge is 0.434 e. The summed E-state index contributed by atoms with van der Waals surface area (Å²) in [6.07, 6.45) is 1.35. The molecule has 0 aliphatic heterocycles. The Labute approximate surface area is 121 Å². The number of alkyl halides is 2. The van der Waals surface area contributed by atoms with Crippen LogP contribution in [0.5, 0.6) is 5.75 Å². The molecular weight excluding hydrogens is 288 g/mol. The van der Waals surface area contributed by atoms with Gasteiger partial charge in [-0.3, -0.25) is 5.43 Å². The Bertz CT molecular complexity index is 458. The highest BCUT2D eigenvalue weighted by Crippen LogP contribution is 2.18. The summed E-state index contributed by atoms with van der Waals surface area (Å²) in [5, 5.41) is 7.00. The summed E-state index contributed by atoms with van der Waals surface area (Å²) < 4.78 is 33.6. The van der Waals surface area contributed by atoms with E-state index in [-0.39, 0.29) is 5.75 Å². The van der Waals surface area contributed by atoms with E-state index in [1.54, 1.807) is 25.3 Å². The second kappa shape index (κ2) is 9.16. The number of methoxy groups -OCH3 is 1. The second-order valence-corrected chi connectivity index (χ2v) is 3.94. The smallest absolute Gasteiger partial charge is 0.387 e. The van der Waals surface area contributed by atoms with Crippen molar-refractivity contribution in [3.8, 4) is 5.75 Å². The van der Waals surface area contributed by atoms with Gasteiger partial charge < -0.3 is 14.8 Å². The van der Waals surface area contributed by atoms with E-state index in [0.717, 1.165) is 0 Å². The minimum atomic E-state index is -2.88. The van der Waals surface area contributed by atoms with Gasteiger partial charge in [0, 0.05) is 19.2 Å². The zero-order valence-electron chi connectivity index (χ0n) is 10.8. The average molecular weight is 303 g/mol. The molecule has 0 aliphatic carbocycles. The minimum Gasteiger partial charge on any atom is -0.434 e. The van der Waals surface area contributed by atoms with Crippen molar-refractivity contribution in [1.82, 2.24) is 10.7 Å². The van der Waals surface area contributed by atoms with Gasteiger partial charge in [-0.2, -0.15) is 13.9 Å². The normalized spacial score (nSPS) is 10.8. The molecule has 1 rings (SSSR count). The molecule has 0 bridgehead atoms. The molecule has 20 heavy (non-hydrogen) atoms. The lowest BCUT2D eigenvalue weighted by molar-refractivity contribution is -0.0499. The second-order valence-electron chi connectivity index (χ2n) is 3.54. The molecule has 0 amide bonds. The molecule has 0 fully saturated rings. The van der Waals surface area contributed by atoms with Crippen LogP contribution in [-0.4, -0.2) is 38.2 Å². The first kappa shape index (κ1) is 16.3. The molecule has 0 atom stereocenters. The molecule has 0 aliphatic rings. The number of hydrogen-bond donors (Lipinski definition) is 2. The van der Waals surface area contributed by atoms with Gasteiger partial charge in [-0.25, -0.2) is 0 Å². The molecule has 0 radical (unpaired) electrons. The van der Waals surface area contributed by atoms with E-state index in [2.05, 4.69) is 20.6 Å². The Hall–Kier alpha value is -1.80. The summed E-state index contributed by atoms with van der Waals surface area (Å²) in [5.74, 6) is 0.0475. The first-order chi connectivity index (χ1) is 9.63. The molecule has 5 nitrogen and oxygen atoms in total. The van der Waals surface area contributed by atoms with Crippen molar-refractivity contribution >= 4 is 23.5 Å². The van der Waals surface area contributed by atoms with E-state index in [4.69, 9.17) is 17.0 Å². The molecule has 1 aromatic rings. The van der Waals surface area contributed by atoms with E-state index >= 15 is 0 Å². The van der Waals surface area contributed by atoms with Crippen LogP contribution in [-0.2, 0) is 4.74 Å². The zero-order valence-corrected chi connectivity index (χ0v) is 11.6. The topological polar surface area (TPSA) is 54.9 Å². The van der Waals surface area contributed by atoms with Gasteiger partial charge in [-0.15, -0.1) is 0 Å². The Morgan fingerprint density at radius 1 is 1.45 bits per heavy atom. The maximum atomic E-state index is 12.2. The summed E-state index contributed by atoms with van der Waals surface area (Å²) in [7, 11) is 1.58. The molecule has 0 saturated carbocycles. The fourth-order valence-electron chi connectivity index (χ4n) is 1.26. The predicted octanol–water partition coefficient (Wildman–Crippen LogP) is 1.73. The molecule has 0 unspecified atom stereocenters. The van der Waals surface area contributed by atoms with Crippen molar-refractivity contribution < 1.29 is 18.3 Å². The monoisotopic (exact) mass is 303 g/mol. The van der Waals surface area contributed by atoms with Gasteiger partial charge in [-0.05, 0) is 24.4 Å². The number of halogens is 2. The number of thiocarbonyl (C=S) groups is 1. The van der Waals surface area contributed by atoms with Crippen LogP contribution in [0.15, 0.2) is 29.4 Å². The lowest BCUT2D eigenvalue weighted by Gasteiger charge is -2.08. The maximum absolute atomic E-state index is 12.2. The van der Waals surface area contributed by atoms with Gasteiger partial charge >= 0.3 is 6.61 Å². The number of hydrazone groups is 1. The summed E-state index contributed by atoms with van der Waals surface area (Å²) in [6.45, 7) is -1.83. The Morgan fingerprint density at radius 3 is 2.90 bits per heavy atom. The highest BCUT2D eigenvalue weighted by atomic mass is 32.1. The van der Waals surface area contributed by atoms with Crippen molar-refractivity contribution in [1.29, 1.82) is 0 Å². The molecule has 2 N–H and O–H groups in total. The molecule has 0 heterocycles. The van der Waals surface area contributed by atoms with Gasteiger partial charge in [0.2, 0.25) is 0 Å². The summed E-state index contributed by atoms with van der Waals surface area (Å²) in [6, 6.07) is 6.32. The lowest BCUT2D eigenvalue weighted by Crippen LogP contribution is -2.34. The van der Waals surface area contributed by atoms with Crippen molar-refractivity contribution in [2.75, 3.05) is 20.3 Å². The fraction of sp³-hybridized carbons (Fsp3) is 0.333. The predicted molar refractivity (Wildman–Crippen MR) is 76.3 cm³/mol. The zero-order chi connectivity index (χ0) is 14.8. The number of benzene rings is 1. The first-order valence-electron chi connectivity index (χ1n) is 5.73. The third kappa shape index (κ3) is 6.39. The molecule has 0 saturated heterocycles. The molecular formula is C12H15F2N3O2S. The first-order valence-corrected chi connectivity index (χ1v) is 6.14. The molecule has 0 aromatic heterocycles. The molecule has 8 heteroatoms. The van der Waals surface area contributed by atoms with Crippen molar-refractivity contribution in [2.45, 2.75) is 6.61 Å². The Kier molecular flexibility index (Phi) is 7.44. The number of nitrogens with one attached hydrogen (secondary N) is 2. The molecule has 0 spiro atoms. The lowest BCUT2D eigenvalue weighted by atomic mass is 10.2. The van der Waals surface area contributed by atoms with Crippen LogP contribution in [0.3, 0.4) is 0 Å². The molecule has 1 aromatic carbocycles. The van der Waals surface area contributed by atoms with Gasteiger partial charge in [0.1, 0.15) is 5.75 Å². The quantitative estimate of drug-likeness (QED) is 0.348. The SMILES string of the molecule is COCCNC(=S)N/N=C\c1ccccc1OC(F)F. The fourth-order valence-corrected chi connectivity index (χ4v) is 1.41. The van der Waals surface area contributed by atoms with Gasteiger partial charge in [0.25, 0.3) is 0 Å². The number of hydrogen-bond acceptors (Lipinski definition) is 4. The van der Waals surface area contributed by atoms with Gasteiger partial charge in [0.15, 0.2) is 5.11 Å². The summed E-state index contributed by atoms with van der Waals surface area (Å²) in [5.41, 5.74) is 2.98. The summed E-state index contributed by atoms with van der Waals surface area (Å²) >= 11 is 4.94. The number of para-hydroxylation sites is 1. The maximum Gasteiger partial charge on any atom is 0.387 e. The van der Waals surface area contributed by atoms with E-state index in [1.807, 2.05) is 0 Å². The van der Waals surface area contributed by atoms with Crippen LogP contribution in [0.1, 0.15) is 5.56 Å².